The molecule has 0 saturated heterocycles. The van der Waals surface area contributed by atoms with Crippen molar-refractivity contribution in [2.45, 2.75) is 38.0 Å². The van der Waals surface area contributed by atoms with Crippen molar-refractivity contribution >= 4 is 23.1 Å². The summed E-state index contributed by atoms with van der Waals surface area (Å²) in [6, 6.07) is 2.96. The fourth-order valence-electron chi connectivity index (χ4n) is 2.22. The van der Waals surface area contributed by atoms with E-state index in [1.54, 1.807) is 10.4 Å². The minimum absolute atomic E-state index is 0.526. The maximum absolute atomic E-state index is 3.82. The molecule has 0 aromatic carbocycles. The second-order valence-corrected chi connectivity index (χ2v) is 6.65. The molecule has 0 spiro atoms. The van der Waals surface area contributed by atoms with Crippen molar-refractivity contribution in [3.05, 3.63) is 34.0 Å². The lowest BCUT2D eigenvalue weighted by molar-refractivity contribution is 0.527. The number of thioether (sulfide) groups is 1. The van der Waals surface area contributed by atoms with Gasteiger partial charge in [-0.15, -0.1) is 17.9 Å². The van der Waals surface area contributed by atoms with Gasteiger partial charge in [-0.3, -0.25) is 0 Å². The lowest BCUT2D eigenvalue weighted by atomic mass is 10.1. The molecule has 0 saturated carbocycles. The predicted octanol–water partition coefficient (Wildman–Crippen LogP) is 4.15. The van der Waals surface area contributed by atoms with Gasteiger partial charge in [0.25, 0.3) is 0 Å². The molecule has 2 heterocycles. The Balaban J connectivity index is 2.11. The molecule has 3 heteroatoms. The van der Waals surface area contributed by atoms with Gasteiger partial charge >= 0.3 is 0 Å². The first-order chi connectivity index (χ1) is 8.35. The highest BCUT2D eigenvalue weighted by atomic mass is 32.2. The van der Waals surface area contributed by atoms with Crippen molar-refractivity contribution in [2.75, 3.05) is 12.3 Å². The van der Waals surface area contributed by atoms with Gasteiger partial charge in [0.2, 0.25) is 0 Å². The average molecular weight is 267 g/mol. The Bertz CT molecular complexity index is 347. The summed E-state index contributed by atoms with van der Waals surface area (Å²) >= 11 is 4.09. The number of allylic oxidation sites excluding steroid dienone is 1. The first-order valence-corrected chi connectivity index (χ1v) is 8.35. The summed E-state index contributed by atoms with van der Waals surface area (Å²) in [5.74, 6) is 2.51. The first kappa shape index (κ1) is 13.2. The van der Waals surface area contributed by atoms with Crippen LogP contribution >= 0.6 is 23.1 Å². The predicted molar refractivity (Wildman–Crippen MR) is 80.0 cm³/mol. The second kappa shape index (κ2) is 6.62. The van der Waals surface area contributed by atoms with Crippen LogP contribution in [0.15, 0.2) is 18.7 Å². The van der Waals surface area contributed by atoms with Gasteiger partial charge in [0.1, 0.15) is 0 Å². The monoisotopic (exact) mass is 267 g/mol. The third-order valence-corrected chi connectivity index (χ3v) is 5.46. The van der Waals surface area contributed by atoms with Crippen LogP contribution in [0.4, 0.5) is 0 Å². The maximum Gasteiger partial charge on any atom is 0.0417 e. The summed E-state index contributed by atoms with van der Waals surface area (Å²) in [6.45, 7) is 7.05. The van der Waals surface area contributed by atoms with Crippen molar-refractivity contribution in [2.24, 2.45) is 0 Å². The Morgan fingerprint density at radius 3 is 3.18 bits per heavy atom. The molecule has 1 aromatic heterocycles. The molecule has 2 rings (SSSR count). The molecule has 1 unspecified atom stereocenters. The number of aryl methyl sites for hydroxylation is 1. The minimum atomic E-state index is 0.526. The fraction of sp³-hybridized carbons (Fsp3) is 0.571. The van der Waals surface area contributed by atoms with E-state index < -0.39 is 0 Å². The lowest BCUT2D eigenvalue weighted by Gasteiger charge is -2.15. The van der Waals surface area contributed by atoms with E-state index >= 15 is 0 Å². The molecule has 17 heavy (non-hydrogen) atoms. The Hall–Kier alpha value is -0.250. The van der Waals surface area contributed by atoms with Crippen molar-refractivity contribution in [1.29, 1.82) is 0 Å². The number of thiophene rings is 1. The molecular formula is C14H21NS2. The number of nitrogens with one attached hydrogen (secondary N) is 1. The highest BCUT2D eigenvalue weighted by Crippen LogP contribution is 2.35. The van der Waals surface area contributed by atoms with Crippen LogP contribution in [0.3, 0.4) is 0 Å². The molecule has 94 valence electrons. The second-order valence-electron chi connectivity index (χ2n) is 4.38. The molecule has 0 radical (unpaired) electrons. The maximum atomic E-state index is 3.82. The van der Waals surface area contributed by atoms with E-state index in [1.165, 1.54) is 29.2 Å². The largest absolute Gasteiger partial charge is 0.310 e. The molecule has 0 fully saturated rings. The van der Waals surface area contributed by atoms with Gasteiger partial charge in [-0.05, 0) is 43.2 Å². The molecule has 1 aliphatic rings. The SMILES string of the molecule is C=CCCC(NCC)c1cc2c(s1)CCSC2. The van der Waals surface area contributed by atoms with Gasteiger partial charge in [0, 0.05) is 21.5 Å². The van der Waals surface area contributed by atoms with Gasteiger partial charge < -0.3 is 5.32 Å². The smallest absolute Gasteiger partial charge is 0.0417 e. The van der Waals surface area contributed by atoms with Crippen LogP contribution in [-0.2, 0) is 12.2 Å². The minimum Gasteiger partial charge on any atom is -0.310 e. The third kappa shape index (κ3) is 3.36. The van der Waals surface area contributed by atoms with Crippen LogP contribution < -0.4 is 5.32 Å². The molecular weight excluding hydrogens is 246 g/mol. The molecule has 1 atom stereocenters. The zero-order valence-corrected chi connectivity index (χ0v) is 12.1. The van der Waals surface area contributed by atoms with Crippen LogP contribution in [0.1, 0.15) is 41.1 Å². The molecule has 0 amide bonds. The van der Waals surface area contributed by atoms with E-state index in [1.807, 2.05) is 17.4 Å². The first-order valence-electron chi connectivity index (χ1n) is 6.38. The zero-order chi connectivity index (χ0) is 12.1. The summed E-state index contributed by atoms with van der Waals surface area (Å²) in [5.41, 5.74) is 1.59. The number of hydrogen-bond donors (Lipinski definition) is 1. The Morgan fingerprint density at radius 2 is 2.47 bits per heavy atom. The van der Waals surface area contributed by atoms with E-state index in [9.17, 15) is 0 Å². The van der Waals surface area contributed by atoms with Gasteiger partial charge in [-0.1, -0.05) is 13.0 Å². The molecule has 1 aromatic rings. The van der Waals surface area contributed by atoms with Crippen molar-refractivity contribution in [3.8, 4) is 0 Å². The number of fused-ring (bicyclic) bond motifs is 1. The molecule has 0 bridgehead atoms. The van der Waals surface area contributed by atoms with Gasteiger partial charge in [0.05, 0.1) is 0 Å². The average Bonchev–Trinajstić information content (AvgIpc) is 2.78. The van der Waals surface area contributed by atoms with Crippen LogP contribution in [0.25, 0.3) is 0 Å². The summed E-state index contributed by atoms with van der Waals surface area (Å²) < 4.78 is 0. The quantitative estimate of drug-likeness (QED) is 0.777. The normalized spacial score (nSPS) is 16.5. The van der Waals surface area contributed by atoms with Crippen molar-refractivity contribution in [3.63, 3.8) is 0 Å². The van der Waals surface area contributed by atoms with Crippen LogP contribution in [0.5, 0.6) is 0 Å². The summed E-state index contributed by atoms with van der Waals surface area (Å²) in [5, 5.41) is 3.60. The van der Waals surface area contributed by atoms with Crippen molar-refractivity contribution < 1.29 is 0 Å². The topological polar surface area (TPSA) is 12.0 Å². The Kier molecular flexibility index (Phi) is 5.14. The van der Waals surface area contributed by atoms with Gasteiger partial charge in [-0.25, -0.2) is 0 Å². The number of rotatable bonds is 6. The van der Waals surface area contributed by atoms with Crippen molar-refractivity contribution in [1.82, 2.24) is 5.32 Å². The lowest BCUT2D eigenvalue weighted by Crippen LogP contribution is -2.19. The summed E-state index contributed by atoms with van der Waals surface area (Å²) in [6.07, 6.45) is 5.55. The Labute approximate surface area is 113 Å². The molecule has 0 aliphatic carbocycles. The van der Waals surface area contributed by atoms with E-state index in [0.29, 0.717) is 6.04 Å². The van der Waals surface area contributed by atoms with Gasteiger partial charge in [0.15, 0.2) is 0 Å². The number of hydrogen-bond acceptors (Lipinski definition) is 3. The molecule has 1 nitrogen and oxygen atoms in total. The van der Waals surface area contributed by atoms with Crippen LogP contribution in [0, 0.1) is 0 Å². The van der Waals surface area contributed by atoms with E-state index in [-0.39, 0.29) is 0 Å². The highest BCUT2D eigenvalue weighted by Gasteiger charge is 2.18. The van der Waals surface area contributed by atoms with E-state index in [4.69, 9.17) is 0 Å². The van der Waals surface area contributed by atoms with Crippen LogP contribution in [-0.4, -0.2) is 12.3 Å². The third-order valence-electron chi connectivity index (χ3n) is 3.10. The zero-order valence-electron chi connectivity index (χ0n) is 10.5. The fourth-order valence-corrected chi connectivity index (χ4v) is 4.70. The Morgan fingerprint density at radius 1 is 1.59 bits per heavy atom. The van der Waals surface area contributed by atoms with E-state index in [2.05, 4.69) is 36.6 Å². The summed E-state index contributed by atoms with van der Waals surface area (Å²) in [7, 11) is 0. The highest BCUT2D eigenvalue weighted by molar-refractivity contribution is 7.98. The van der Waals surface area contributed by atoms with Crippen LogP contribution in [0.2, 0.25) is 0 Å². The summed E-state index contributed by atoms with van der Waals surface area (Å²) in [4.78, 5) is 3.15. The van der Waals surface area contributed by atoms with E-state index in [0.717, 1.165) is 13.0 Å². The van der Waals surface area contributed by atoms with Gasteiger partial charge in [-0.2, -0.15) is 11.8 Å². The molecule has 1 N–H and O–H groups in total. The standard InChI is InChI=1S/C14H21NS2/c1-3-5-6-12(15-4-2)14-9-11-10-16-8-7-13(11)17-14/h3,9,12,15H,1,4-8,10H2,2H3. The molecule has 1 aliphatic heterocycles.